The van der Waals surface area contributed by atoms with Crippen LogP contribution in [0.25, 0.3) is 0 Å². The number of nitrogens with zero attached hydrogens (tertiary/aromatic N) is 1. The van der Waals surface area contributed by atoms with E-state index in [1.54, 1.807) is 72.8 Å². The summed E-state index contributed by atoms with van der Waals surface area (Å²) in [6.45, 7) is 0. The molecule has 0 spiro atoms. The third-order valence-electron chi connectivity index (χ3n) is 4.77. The van der Waals surface area contributed by atoms with Crippen molar-refractivity contribution in [3.8, 4) is 11.5 Å². The second kappa shape index (κ2) is 9.48. The lowest BCUT2D eigenvalue weighted by Gasteiger charge is -2.15. The smallest absolute Gasteiger partial charge is 0.343 e. The van der Waals surface area contributed by atoms with Crippen molar-refractivity contribution in [2.75, 3.05) is 17.3 Å². The van der Waals surface area contributed by atoms with Crippen LogP contribution in [0.2, 0.25) is 0 Å². The lowest BCUT2D eigenvalue weighted by atomic mass is 10.2. The fourth-order valence-electron chi connectivity index (χ4n) is 3.08. The number of esters is 1. The van der Waals surface area contributed by atoms with E-state index in [1.807, 2.05) is 0 Å². The molecule has 1 aliphatic rings. The number of methoxy groups -OCH3 is 1. The molecule has 1 N–H and O–H groups in total. The van der Waals surface area contributed by atoms with Crippen LogP contribution in [0.5, 0.6) is 11.5 Å². The maximum atomic E-state index is 12.9. The van der Waals surface area contributed by atoms with Crippen LogP contribution in [0.3, 0.4) is 0 Å². The van der Waals surface area contributed by atoms with Crippen LogP contribution >= 0.6 is 27.5 Å². The van der Waals surface area contributed by atoms with Crippen LogP contribution in [0.1, 0.15) is 10.4 Å². The summed E-state index contributed by atoms with van der Waals surface area (Å²) < 4.78 is 11.3. The molecule has 4 rings (SSSR count). The summed E-state index contributed by atoms with van der Waals surface area (Å²) in [4.78, 5) is 38.8. The zero-order valence-corrected chi connectivity index (χ0v) is 19.5. The van der Waals surface area contributed by atoms with Gasteiger partial charge in [-0.3, -0.25) is 9.59 Å². The van der Waals surface area contributed by atoms with E-state index in [0.29, 0.717) is 28.4 Å². The summed E-state index contributed by atoms with van der Waals surface area (Å²) in [6, 6.07) is 19.6. The molecule has 0 fully saturated rings. The highest BCUT2D eigenvalue weighted by Gasteiger charge is 2.39. The van der Waals surface area contributed by atoms with Crippen molar-refractivity contribution >= 4 is 56.7 Å². The number of hydrogen-bond donors (Lipinski definition) is 1. The van der Waals surface area contributed by atoms with Crippen molar-refractivity contribution in [3.63, 3.8) is 0 Å². The minimum atomic E-state index is -0.635. The number of ether oxygens (including phenoxy) is 2. The molecule has 0 saturated heterocycles. The van der Waals surface area contributed by atoms with Crippen molar-refractivity contribution < 1.29 is 23.9 Å². The number of anilines is 2. The van der Waals surface area contributed by atoms with E-state index in [2.05, 4.69) is 21.2 Å². The van der Waals surface area contributed by atoms with E-state index in [4.69, 9.17) is 21.1 Å². The van der Waals surface area contributed by atoms with Crippen molar-refractivity contribution in [2.45, 2.75) is 0 Å². The molecular weight excluding hydrogens is 512 g/mol. The Labute approximate surface area is 202 Å². The number of halogens is 2. The van der Waals surface area contributed by atoms with Gasteiger partial charge in [-0.05, 0) is 72.8 Å². The maximum absolute atomic E-state index is 12.9. The Morgan fingerprint density at radius 3 is 2.09 bits per heavy atom. The van der Waals surface area contributed by atoms with Crippen molar-refractivity contribution in [2.24, 2.45) is 0 Å². The van der Waals surface area contributed by atoms with Crippen LogP contribution in [0, 0.1) is 0 Å². The van der Waals surface area contributed by atoms with E-state index in [1.165, 1.54) is 7.11 Å². The van der Waals surface area contributed by atoms with Crippen LogP contribution in [-0.2, 0) is 9.59 Å². The first kappa shape index (κ1) is 22.6. The van der Waals surface area contributed by atoms with Gasteiger partial charge in [0.25, 0.3) is 11.8 Å². The topological polar surface area (TPSA) is 84.9 Å². The van der Waals surface area contributed by atoms with Gasteiger partial charge in [0.1, 0.15) is 22.2 Å². The van der Waals surface area contributed by atoms with Gasteiger partial charge in [0, 0.05) is 10.2 Å². The minimum Gasteiger partial charge on any atom is -0.497 e. The number of rotatable bonds is 6. The first-order chi connectivity index (χ1) is 15.9. The fraction of sp³-hybridized carbons (Fsp3) is 0.0417. The van der Waals surface area contributed by atoms with Crippen LogP contribution < -0.4 is 19.7 Å². The summed E-state index contributed by atoms with van der Waals surface area (Å²) in [7, 11) is 1.52. The summed E-state index contributed by atoms with van der Waals surface area (Å²) in [5, 5.41) is 2.64. The SMILES string of the molecule is COc1ccc(N2C(=O)C(Cl)=C(Nc3ccc(C(=O)Oc4ccc(Br)cc4)cc3)C2=O)cc1. The van der Waals surface area contributed by atoms with Gasteiger partial charge >= 0.3 is 5.97 Å². The lowest BCUT2D eigenvalue weighted by Crippen LogP contribution is -2.32. The Morgan fingerprint density at radius 2 is 1.48 bits per heavy atom. The molecule has 0 unspecified atom stereocenters. The van der Waals surface area contributed by atoms with Crippen LogP contribution in [-0.4, -0.2) is 24.9 Å². The molecule has 9 heteroatoms. The molecule has 0 saturated carbocycles. The van der Waals surface area contributed by atoms with E-state index in [-0.39, 0.29) is 10.7 Å². The number of hydrogen-bond acceptors (Lipinski definition) is 6. The quantitative estimate of drug-likeness (QED) is 0.272. The van der Waals surface area contributed by atoms with Gasteiger partial charge in [-0.1, -0.05) is 27.5 Å². The standard InChI is InChI=1S/C24H16BrClN2O5/c1-32-18-12-8-17(9-13-18)28-22(29)20(26)21(23(28)30)27-16-6-2-14(3-7-16)24(31)33-19-10-4-15(25)5-11-19/h2-13,27H,1H3. The molecule has 1 heterocycles. The van der Waals surface area contributed by atoms with Gasteiger partial charge in [0.05, 0.1) is 18.4 Å². The molecule has 0 radical (unpaired) electrons. The van der Waals surface area contributed by atoms with E-state index < -0.39 is 17.8 Å². The Kier molecular flexibility index (Phi) is 6.48. The predicted octanol–water partition coefficient (Wildman–Crippen LogP) is 5.11. The van der Waals surface area contributed by atoms with E-state index in [9.17, 15) is 14.4 Å². The lowest BCUT2D eigenvalue weighted by molar-refractivity contribution is -0.120. The van der Waals surface area contributed by atoms with Gasteiger partial charge in [-0.15, -0.1) is 0 Å². The van der Waals surface area contributed by atoms with Crippen molar-refractivity contribution in [1.82, 2.24) is 0 Å². The van der Waals surface area contributed by atoms with Crippen molar-refractivity contribution in [3.05, 3.63) is 93.6 Å². The second-order valence-electron chi connectivity index (χ2n) is 6.88. The molecule has 3 aromatic carbocycles. The minimum absolute atomic E-state index is 0.0531. The second-order valence-corrected chi connectivity index (χ2v) is 8.17. The molecule has 166 valence electrons. The van der Waals surface area contributed by atoms with Crippen molar-refractivity contribution in [1.29, 1.82) is 0 Å². The first-order valence-corrected chi connectivity index (χ1v) is 10.8. The zero-order valence-electron chi connectivity index (χ0n) is 17.2. The average molecular weight is 528 g/mol. The first-order valence-electron chi connectivity index (χ1n) is 9.65. The highest BCUT2D eigenvalue weighted by molar-refractivity contribution is 9.10. The number of carbonyl (C=O) groups is 3. The predicted molar refractivity (Wildman–Crippen MR) is 128 cm³/mol. The van der Waals surface area contributed by atoms with Gasteiger partial charge in [0.2, 0.25) is 0 Å². The number of carbonyl (C=O) groups excluding carboxylic acids is 3. The summed E-state index contributed by atoms with van der Waals surface area (Å²) in [5.41, 5.74) is 1.10. The molecule has 0 aromatic heterocycles. The van der Waals surface area contributed by atoms with Gasteiger partial charge in [-0.2, -0.15) is 0 Å². The third kappa shape index (κ3) is 4.76. The molecule has 7 nitrogen and oxygen atoms in total. The number of nitrogens with one attached hydrogen (secondary N) is 1. The number of imide groups is 1. The Hall–Kier alpha value is -3.62. The van der Waals surface area contributed by atoms with E-state index in [0.717, 1.165) is 9.37 Å². The molecular formula is C24H16BrClN2O5. The van der Waals surface area contributed by atoms with Crippen LogP contribution in [0.15, 0.2) is 88.0 Å². The monoisotopic (exact) mass is 526 g/mol. The Balaban J connectivity index is 1.46. The Bertz CT molecular complexity index is 1260. The highest BCUT2D eigenvalue weighted by Crippen LogP contribution is 2.31. The summed E-state index contributed by atoms with van der Waals surface area (Å²) in [6.07, 6.45) is 0. The molecule has 2 amide bonds. The molecule has 33 heavy (non-hydrogen) atoms. The highest BCUT2D eigenvalue weighted by atomic mass is 79.9. The maximum Gasteiger partial charge on any atom is 0.343 e. The Morgan fingerprint density at radius 1 is 0.879 bits per heavy atom. The normalized spacial score (nSPS) is 13.4. The van der Waals surface area contributed by atoms with Gasteiger partial charge in [-0.25, -0.2) is 9.69 Å². The van der Waals surface area contributed by atoms with Crippen LogP contribution in [0.4, 0.5) is 11.4 Å². The average Bonchev–Trinajstić information content (AvgIpc) is 3.04. The molecule has 0 aliphatic carbocycles. The summed E-state index contributed by atoms with van der Waals surface area (Å²) in [5.74, 6) is -0.748. The van der Waals surface area contributed by atoms with Gasteiger partial charge in [0.15, 0.2) is 0 Å². The number of benzene rings is 3. The molecule has 3 aromatic rings. The largest absolute Gasteiger partial charge is 0.497 e. The molecule has 1 aliphatic heterocycles. The number of amides is 2. The molecule has 0 bridgehead atoms. The van der Waals surface area contributed by atoms with E-state index >= 15 is 0 Å². The summed E-state index contributed by atoms with van der Waals surface area (Å²) >= 11 is 9.48. The third-order valence-corrected chi connectivity index (χ3v) is 5.65. The molecule has 0 atom stereocenters. The fourth-order valence-corrected chi connectivity index (χ4v) is 3.56. The van der Waals surface area contributed by atoms with Gasteiger partial charge < -0.3 is 14.8 Å². The zero-order chi connectivity index (χ0) is 23.5.